The highest BCUT2D eigenvalue weighted by Gasteiger charge is 2.30. The molecule has 0 aromatic rings. The number of carbonyl (C=O) groups excluding carboxylic acids is 4. The average Bonchev–Trinajstić information content (AvgIpc) is 0.915. The van der Waals surface area contributed by atoms with Gasteiger partial charge in [0, 0.05) is 25.7 Å². The summed E-state index contributed by atoms with van der Waals surface area (Å²) < 4.78 is 68.8. The molecule has 0 saturated heterocycles. The molecule has 3 unspecified atom stereocenters. The molecule has 0 rings (SSSR count). The molecular formula is C84H164O17P2. The molecule has 0 bridgehead atoms. The smallest absolute Gasteiger partial charge is 0.462 e. The summed E-state index contributed by atoms with van der Waals surface area (Å²) >= 11 is 0. The molecular weight excluding hydrogens is 1340 g/mol. The molecule has 0 saturated carbocycles. The van der Waals surface area contributed by atoms with Crippen molar-refractivity contribution in [1.29, 1.82) is 0 Å². The van der Waals surface area contributed by atoms with E-state index in [1.807, 2.05) is 0 Å². The number of aliphatic hydroxyl groups is 1. The maximum absolute atomic E-state index is 13.1. The number of carbonyl (C=O) groups is 4. The van der Waals surface area contributed by atoms with Gasteiger partial charge in [-0.2, -0.15) is 0 Å². The van der Waals surface area contributed by atoms with E-state index in [0.29, 0.717) is 31.6 Å². The molecule has 0 spiro atoms. The minimum atomic E-state index is -4.96. The third-order valence-corrected chi connectivity index (χ3v) is 21.9. The number of hydrogen-bond acceptors (Lipinski definition) is 15. The highest BCUT2D eigenvalue weighted by atomic mass is 31.2. The quantitative estimate of drug-likeness (QED) is 0.0222. The van der Waals surface area contributed by atoms with E-state index in [-0.39, 0.29) is 25.7 Å². The zero-order chi connectivity index (χ0) is 75.8. The van der Waals surface area contributed by atoms with Crippen LogP contribution in [0.3, 0.4) is 0 Å². The molecule has 0 fully saturated rings. The first-order chi connectivity index (χ1) is 49.8. The van der Waals surface area contributed by atoms with Gasteiger partial charge in [0.05, 0.1) is 26.4 Å². The molecule has 19 heteroatoms. The minimum absolute atomic E-state index is 0.108. The lowest BCUT2D eigenvalue weighted by Gasteiger charge is -2.21. The average molecular weight is 1510 g/mol. The van der Waals surface area contributed by atoms with Crippen molar-refractivity contribution in [2.75, 3.05) is 39.6 Å². The fraction of sp³-hybridized carbons (Fsp3) is 0.952. The third kappa shape index (κ3) is 76.6. The van der Waals surface area contributed by atoms with Gasteiger partial charge in [0.1, 0.15) is 19.3 Å². The maximum atomic E-state index is 13.1. The predicted octanol–water partition coefficient (Wildman–Crippen LogP) is 25.3. The Labute approximate surface area is 632 Å². The van der Waals surface area contributed by atoms with E-state index < -0.39 is 97.5 Å². The third-order valence-electron chi connectivity index (χ3n) is 20.0. The Morgan fingerprint density at radius 3 is 0.738 bits per heavy atom. The molecule has 0 aromatic carbocycles. The van der Waals surface area contributed by atoms with Gasteiger partial charge in [0.15, 0.2) is 12.2 Å². The molecule has 0 aliphatic rings. The van der Waals surface area contributed by atoms with Crippen LogP contribution in [0.4, 0.5) is 0 Å². The van der Waals surface area contributed by atoms with Crippen molar-refractivity contribution in [2.45, 2.75) is 458 Å². The Hall–Kier alpha value is -1.94. The fourth-order valence-corrected chi connectivity index (χ4v) is 14.6. The largest absolute Gasteiger partial charge is 0.472 e. The molecule has 0 aromatic heterocycles. The van der Waals surface area contributed by atoms with Crippen molar-refractivity contribution in [3.05, 3.63) is 0 Å². The second kappa shape index (κ2) is 74.2. The maximum Gasteiger partial charge on any atom is 0.472 e. The Morgan fingerprint density at radius 2 is 0.495 bits per heavy atom. The molecule has 3 N–H and O–H groups in total. The normalized spacial score (nSPS) is 14.2. The van der Waals surface area contributed by atoms with Gasteiger partial charge in [0.2, 0.25) is 0 Å². The number of ether oxygens (including phenoxy) is 4. The number of phosphoric ester groups is 2. The zero-order valence-corrected chi connectivity index (χ0v) is 69.6. The van der Waals surface area contributed by atoms with Crippen LogP contribution in [0.5, 0.6) is 0 Å². The Bertz CT molecular complexity index is 1990. The van der Waals surface area contributed by atoms with Gasteiger partial charge in [-0.3, -0.25) is 37.3 Å². The van der Waals surface area contributed by atoms with Gasteiger partial charge in [-0.15, -0.1) is 0 Å². The molecule has 0 aliphatic heterocycles. The first-order valence-electron chi connectivity index (χ1n) is 43.4. The number of rotatable bonds is 82. The number of phosphoric acid groups is 2. The summed E-state index contributed by atoms with van der Waals surface area (Å²) in [5, 5.41) is 10.7. The summed E-state index contributed by atoms with van der Waals surface area (Å²) in [6.07, 6.45) is 63.8. The SMILES string of the molecule is CCCCCCCCCCCCCCCCCCC(=O)O[C@H](COC(=O)CCCCCCCCCC(C)C)COP(=O)(O)OC[C@H](O)COP(=O)(O)OC[C@@H](COC(=O)CCCCCCCCCCCCCCCCC(C)CC)OC(=O)CCCCCCCCCCCCCCCCCCC(C)C. The van der Waals surface area contributed by atoms with E-state index in [1.165, 1.54) is 244 Å². The van der Waals surface area contributed by atoms with E-state index >= 15 is 0 Å². The van der Waals surface area contributed by atoms with Crippen LogP contribution in [0.15, 0.2) is 0 Å². The second-order valence-electron chi connectivity index (χ2n) is 31.4. The van der Waals surface area contributed by atoms with Crippen LogP contribution in [-0.2, 0) is 65.4 Å². The van der Waals surface area contributed by atoms with Gasteiger partial charge in [-0.05, 0) is 43.4 Å². The highest BCUT2D eigenvalue weighted by Crippen LogP contribution is 2.45. The lowest BCUT2D eigenvalue weighted by Crippen LogP contribution is -2.30. The molecule has 17 nitrogen and oxygen atoms in total. The lowest BCUT2D eigenvalue weighted by atomic mass is 9.99. The van der Waals surface area contributed by atoms with Crippen LogP contribution < -0.4 is 0 Å². The molecule has 0 heterocycles. The van der Waals surface area contributed by atoms with Crippen molar-refractivity contribution in [3.8, 4) is 0 Å². The number of aliphatic hydroxyl groups excluding tert-OH is 1. The van der Waals surface area contributed by atoms with Crippen molar-refractivity contribution in [2.24, 2.45) is 17.8 Å². The standard InChI is InChI=1S/C84H164O17P2/c1-8-10-11-12-13-14-15-16-17-21-28-33-38-45-53-60-68-84(89)101-80(72-95-82(87)66-59-52-47-40-42-49-56-63-76(5)6)74-99-103(92,93)97-70-78(85)69-96-102(90,91)98-73-79(71-94-81(86)65-58-51-44-37-32-27-24-23-26-31-36-43-50-57-64-77(7)9-2)100-83(88)67-61-54-46-39-34-29-22-19-18-20-25-30-35-41-48-55-62-75(3)4/h75-80,85H,8-74H2,1-7H3,(H,90,91)(H,92,93)/t77?,78-,79-,80-/m1/s1. The lowest BCUT2D eigenvalue weighted by molar-refractivity contribution is -0.161. The number of unbranched alkanes of at least 4 members (excludes halogenated alkanes) is 49. The van der Waals surface area contributed by atoms with E-state index in [2.05, 4.69) is 48.5 Å². The van der Waals surface area contributed by atoms with E-state index in [4.69, 9.17) is 37.0 Å². The van der Waals surface area contributed by atoms with E-state index in [1.54, 1.807) is 0 Å². The van der Waals surface area contributed by atoms with E-state index in [9.17, 15) is 43.2 Å². The van der Waals surface area contributed by atoms with Crippen LogP contribution in [0.2, 0.25) is 0 Å². The first-order valence-corrected chi connectivity index (χ1v) is 46.4. The van der Waals surface area contributed by atoms with E-state index in [0.717, 1.165) is 108 Å². The molecule has 0 aliphatic carbocycles. The summed E-state index contributed by atoms with van der Waals surface area (Å²) in [4.78, 5) is 73.1. The summed E-state index contributed by atoms with van der Waals surface area (Å²) in [5.41, 5.74) is 0. The van der Waals surface area contributed by atoms with Crippen LogP contribution in [0.1, 0.15) is 440 Å². The topological polar surface area (TPSA) is 237 Å². The van der Waals surface area contributed by atoms with Crippen molar-refractivity contribution in [1.82, 2.24) is 0 Å². The van der Waals surface area contributed by atoms with Gasteiger partial charge in [0.25, 0.3) is 0 Å². The molecule has 103 heavy (non-hydrogen) atoms. The second-order valence-corrected chi connectivity index (χ2v) is 34.3. The van der Waals surface area contributed by atoms with Crippen LogP contribution in [0.25, 0.3) is 0 Å². The van der Waals surface area contributed by atoms with Crippen LogP contribution in [-0.4, -0.2) is 96.7 Å². The Balaban J connectivity index is 5.24. The van der Waals surface area contributed by atoms with Gasteiger partial charge >= 0.3 is 39.5 Å². The highest BCUT2D eigenvalue weighted by molar-refractivity contribution is 7.47. The summed E-state index contributed by atoms with van der Waals surface area (Å²) in [7, 11) is -9.93. The first kappa shape index (κ1) is 101. The predicted molar refractivity (Wildman–Crippen MR) is 423 cm³/mol. The molecule has 0 radical (unpaired) electrons. The summed E-state index contributed by atoms with van der Waals surface area (Å²) in [6.45, 7) is 12.0. The van der Waals surface area contributed by atoms with Crippen LogP contribution >= 0.6 is 15.6 Å². The summed E-state index contributed by atoms with van der Waals surface area (Å²) in [6, 6.07) is 0. The van der Waals surface area contributed by atoms with Crippen molar-refractivity contribution in [3.63, 3.8) is 0 Å². The molecule has 612 valence electrons. The molecule has 0 amide bonds. The minimum Gasteiger partial charge on any atom is -0.462 e. The van der Waals surface area contributed by atoms with Gasteiger partial charge < -0.3 is 33.8 Å². The fourth-order valence-electron chi connectivity index (χ4n) is 13.0. The van der Waals surface area contributed by atoms with Gasteiger partial charge in [-0.1, -0.05) is 389 Å². The number of esters is 4. The Morgan fingerprint density at radius 1 is 0.282 bits per heavy atom. The van der Waals surface area contributed by atoms with Gasteiger partial charge in [-0.25, -0.2) is 9.13 Å². The monoisotopic (exact) mass is 1510 g/mol. The molecule has 6 atom stereocenters. The zero-order valence-electron chi connectivity index (χ0n) is 67.8. The number of hydrogen-bond donors (Lipinski definition) is 3. The van der Waals surface area contributed by atoms with Crippen molar-refractivity contribution < 1.29 is 80.2 Å². The summed E-state index contributed by atoms with van der Waals surface area (Å²) in [5.74, 6) is 0.257. The Kier molecular flexibility index (Phi) is 72.8. The van der Waals surface area contributed by atoms with Crippen molar-refractivity contribution >= 4 is 39.5 Å². The van der Waals surface area contributed by atoms with Crippen LogP contribution in [0, 0.1) is 17.8 Å².